The second-order valence-electron chi connectivity index (χ2n) is 8.36. The van der Waals surface area contributed by atoms with Crippen LogP contribution in [0.3, 0.4) is 0 Å². The third-order valence-electron chi connectivity index (χ3n) is 6.29. The number of anilines is 1. The number of benzene rings is 2. The van der Waals surface area contributed by atoms with Crippen LogP contribution in [0.1, 0.15) is 54.4 Å². The molecule has 1 heterocycles. The van der Waals surface area contributed by atoms with Gasteiger partial charge in [0.05, 0.1) is 19.2 Å². The Morgan fingerprint density at radius 3 is 2.23 bits per heavy atom. The fourth-order valence-electron chi connectivity index (χ4n) is 4.60. The highest BCUT2D eigenvalue weighted by molar-refractivity contribution is 6.23. The summed E-state index contributed by atoms with van der Waals surface area (Å²) in [6.45, 7) is 1.96. The van der Waals surface area contributed by atoms with Crippen molar-refractivity contribution >= 4 is 23.4 Å². The Labute approximate surface area is 182 Å². The Kier molecular flexibility index (Phi) is 6.07. The summed E-state index contributed by atoms with van der Waals surface area (Å²) in [6, 6.07) is 13.4. The molecule has 2 aromatic carbocycles. The Balaban J connectivity index is 1.66. The number of ether oxygens (including phenoxy) is 1. The molecule has 0 N–H and O–H groups in total. The number of nitrogens with zero attached hydrogens (tertiary/aromatic N) is 2. The van der Waals surface area contributed by atoms with Gasteiger partial charge >= 0.3 is 0 Å². The first-order valence-corrected chi connectivity index (χ1v) is 10.9. The molecule has 0 bridgehead atoms. The molecule has 3 amide bonds. The lowest BCUT2D eigenvalue weighted by Gasteiger charge is -2.37. The second kappa shape index (κ2) is 8.92. The number of methoxy groups -OCH3 is 1. The van der Waals surface area contributed by atoms with Gasteiger partial charge in [-0.3, -0.25) is 14.4 Å². The van der Waals surface area contributed by atoms with Crippen LogP contribution >= 0.6 is 0 Å². The third-order valence-corrected chi connectivity index (χ3v) is 6.29. The van der Waals surface area contributed by atoms with Crippen LogP contribution in [0.15, 0.2) is 48.5 Å². The average molecular weight is 421 g/mol. The highest BCUT2D eigenvalue weighted by Gasteiger charge is 2.46. The first kappa shape index (κ1) is 21.1. The first-order valence-electron chi connectivity index (χ1n) is 10.9. The van der Waals surface area contributed by atoms with Crippen LogP contribution in [0.4, 0.5) is 5.69 Å². The van der Waals surface area contributed by atoms with Crippen molar-refractivity contribution in [2.24, 2.45) is 0 Å². The van der Waals surface area contributed by atoms with E-state index in [2.05, 4.69) is 0 Å². The van der Waals surface area contributed by atoms with Crippen LogP contribution in [0.25, 0.3) is 0 Å². The van der Waals surface area contributed by atoms with E-state index in [1.165, 1.54) is 4.90 Å². The lowest BCUT2D eigenvalue weighted by atomic mass is 9.92. The molecule has 0 radical (unpaired) electrons. The van der Waals surface area contributed by atoms with E-state index in [-0.39, 0.29) is 30.2 Å². The highest BCUT2D eigenvalue weighted by Crippen LogP contribution is 2.32. The van der Waals surface area contributed by atoms with Crippen LogP contribution in [-0.2, 0) is 9.59 Å². The van der Waals surface area contributed by atoms with Crippen molar-refractivity contribution in [3.05, 3.63) is 59.7 Å². The molecule has 1 saturated carbocycles. The van der Waals surface area contributed by atoms with Gasteiger partial charge in [0.1, 0.15) is 11.8 Å². The quantitative estimate of drug-likeness (QED) is 0.683. The zero-order chi connectivity index (χ0) is 22.0. The van der Waals surface area contributed by atoms with Gasteiger partial charge in [0.25, 0.3) is 11.8 Å². The van der Waals surface area contributed by atoms with E-state index in [9.17, 15) is 14.4 Å². The molecule has 1 atom stereocenters. The van der Waals surface area contributed by atoms with E-state index in [1.807, 2.05) is 19.1 Å². The molecule has 0 spiro atoms. The van der Waals surface area contributed by atoms with Gasteiger partial charge in [0, 0.05) is 11.6 Å². The van der Waals surface area contributed by atoms with Gasteiger partial charge in [-0.25, -0.2) is 4.90 Å². The predicted molar refractivity (Wildman–Crippen MR) is 118 cm³/mol. The second-order valence-corrected chi connectivity index (χ2v) is 8.36. The number of aryl methyl sites for hydroxylation is 1. The summed E-state index contributed by atoms with van der Waals surface area (Å²) >= 11 is 0. The molecule has 1 aliphatic carbocycles. The van der Waals surface area contributed by atoms with Crippen LogP contribution in [0.5, 0.6) is 5.75 Å². The Hall–Kier alpha value is -3.15. The molecule has 6 heteroatoms. The minimum atomic E-state index is -0.772. The normalized spacial score (nSPS) is 19.5. The number of rotatable bonds is 5. The van der Waals surface area contributed by atoms with E-state index < -0.39 is 6.04 Å². The number of carbonyl (C=O) groups excluding carboxylic acids is 3. The summed E-state index contributed by atoms with van der Waals surface area (Å²) in [5, 5.41) is 0. The van der Waals surface area contributed by atoms with E-state index in [0.29, 0.717) is 17.0 Å². The molecule has 2 aliphatic rings. The maximum absolute atomic E-state index is 13.6. The third kappa shape index (κ3) is 4.20. The summed E-state index contributed by atoms with van der Waals surface area (Å²) in [5.41, 5.74) is 2.11. The van der Waals surface area contributed by atoms with Gasteiger partial charge in [-0.2, -0.15) is 0 Å². The van der Waals surface area contributed by atoms with Crippen LogP contribution in [-0.4, -0.2) is 41.8 Å². The van der Waals surface area contributed by atoms with Crippen molar-refractivity contribution in [1.29, 1.82) is 0 Å². The lowest BCUT2D eigenvalue weighted by Crippen LogP contribution is -2.51. The van der Waals surface area contributed by atoms with Gasteiger partial charge in [0.15, 0.2) is 0 Å². The van der Waals surface area contributed by atoms with Crippen molar-refractivity contribution in [2.75, 3.05) is 12.0 Å². The fraction of sp³-hybridized carbons (Fsp3) is 0.400. The highest BCUT2D eigenvalue weighted by atomic mass is 16.5. The molecule has 6 nitrogen and oxygen atoms in total. The zero-order valence-electron chi connectivity index (χ0n) is 18.0. The summed E-state index contributed by atoms with van der Waals surface area (Å²) < 4.78 is 5.20. The van der Waals surface area contributed by atoms with Crippen LogP contribution in [0, 0.1) is 6.92 Å². The van der Waals surface area contributed by atoms with Crippen molar-refractivity contribution in [3.63, 3.8) is 0 Å². The number of carbonyl (C=O) groups is 3. The van der Waals surface area contributed by atoms with Gasteiger partial charge in [0.2, 0.25) is 5.91 Å². The molecule has 31 heavy (non-hydrogen) atoms. The lowest BCUT2D eigenvalue weighted by molar-refractivity contribution is -0.123. The largest absolute Gasteiger partial charge is 0.497 e. The molecular formula is C25H28N2O4. The summed E-state index contributed by atoms with van der Waals surface area (Å²) in [6.07, 6.45) is 4.90. The topological polar surface area (TPSA) is 66.9 Å². The van der Waals surface area contributed by atoms with Gasteiger partial charge in [-0.15, -0.1) is 0 Å². The Bertz CT molecular complexity index is 962. The molecule has 162 valence electrons. The van der Waals surface area contributed by atoms with Crippen LogP contribution in [0.2, 0.25) is 0 Å². The average Bonchev–Trinajstić information content (AvgIpc) is 3.09. The summed E-state index contributed by atoms with van der Waals surface area (Å²) in [7, 11) is 1.58. The standard InChI is InChI=1S/C25H28N2O4/c1-17-8-12-20(13-9-17)27-23(28)16-22(25(27)30)26(19-6-4-3-5-7-19)24(29)18-10-14-21(31-2)15-11-18/h8-15,19,22H,3-7,16H2,1-2H3. The molecular weight excluding hydrogens is 392 g/mol. The molecule has 0 aromatic heterocycles. The van der Waals surface area contributed by atoms with E-state index >= 15 is 0 Å². The maximum atomic E-state index is 13.6. The zero-order valence-corrected chi connectivity index (χ0v) is 18.0. The summed E-state index contributed by atoms with van der Waals surface area (Å²) in [4.78, 5) is 42.8. The van der Waals surface area contributed by atoms with Crippen LogP contribution < -0.4 is 9.64 Å². The molecule has 1 aliphatic heterocycles. The number of amides is 3. The molecule has 2 fully saturated rings. The van der Waals surface area contributed by atoms with E-state index in [4.69, 9.17) is 4.74 Å². The van der Waals surface area contributed by atoms with E-state index in [0.717, 1.165) is 37.7 Å². The van der Waals surface area contributed by atoms with Gasteiger partial charge in [-0.1, -0.05) is 37.0 Å². The number of hydrogen-bond acceptors (Lipinski definition) is 4. The molecule has 1 saturated heterocycles. The van der Waals surface area contributed by atoms with Crippen molar-refractivity contribution < 1.29 is 19.1 Å². The van der Waals surface area contributed by atoms with Gasteiger partial charge in [-0.05, 0) is 56.2 Å². The monoisotopic (exact) mass is 420 g/mol. The minimum absolute atomic E-state index is 0.0190. The summed E-state index contributed by atoms with van der Waals surface area (Å²) in [5.74, 6) is -0.117. The smallest absolute Gasteiger partial charge is 0.257 e. The van der Waals surface area contributed by atoms with Crippen molar-refractivity contribution in [3.8, 4) is 5.75 Å². The molecule has 4 rings (SSSR count). The Morgan fingerprint density at radius 2 is 1.61 bits per heavy atom. The molecule has 2 aromatic rings. The fourth-order valence-corrected chi connectivity index (χ4v) is 4.60. The van der Waals surface area contributed by atoms with Crippen molar-refractivity contribution in [2.45, 2.75) is 57.5 Å². The number of imide groups is 1. The van der Waals surface area contributed by atoms with E-state index in [1.54, 1.807) is 48.4 Å². The minimum Gasteiger partial charge on any atom is -0.497 e. The molecule has 1 unspecified atom stereocenters. The number of hydrogen-bond donors (Lipinski definition) is 0. The predicted octanol–water partition coefficient (Wildman–Crippen LogP) is 4.11. The first-order chi connectivity index (χ1) is 15.0. The maximum Gasteiger partial charge on any atom is 0.257 e. The SMILES string of the molecule is COc1ccc(C(=O)N(C2CCCCC2)C2CC(=O)N(c3ccc(C)cc3)C2=O)cc1. The van der Waals surface area contributed by atoms with Gasteiger partial charge < -0.3 is 9.64 Å². The Morgan fingerprint density at radius 1 is 0.968 bits per heavy atom. The van der Waals surface area contributed by atoms with Crippen molar-refractivity contribution in [1.82, 2.24) is 4.90 Å².